The smallest absolute Gasteiger partial charge is 0.338 e. The van der Waals surface area contributed by atoms with Gasteiger partial charge in [-0.25, -0.2) is 4.79 Å². The third-order valence-electron chi connectivity index (χ3n) is 7.27. The number of ether oxygens (including phenoxy) is 1. The van der Waals surface area contributed by atoms with Gasteiger partial charge in [0.1, 0.15) is 11.2 Å². The second-order valence-corrected chi connectivity index (χ2v) is 11.8. The van der Waals surface area contributed by atoms with E-state index in [4.69, 9.17) is 4.74 Å². The second kappa shape index (κ2) is 16.8. The van der Waals surface area contributed by atoms with Crippen LogP contribution in [0.5, 0.6) is 0 Å². The Bertz CT molecular complexity index is 697. The first-order chi connectivity index (χ1) is 17.2. The number of carboxylic acids is 3. The largest absolute Gasteiger partial charge is 0.481 e. The van der Waals surface area contributed by atoms with Gasteiger partial charge < -0.3 is 20.1 Å². The SMILES string of the molecule is CC(=O)C(C(=O)O)C(OCCCCC(C)C)(C(=O)O)C(CCCCC(C)C)(CCCCC(C)C)C(=O)O. The molecule has 0 spiro atoms. The number of carboxylic acid groups (broad SMARTS) is 3. The van der Waals surface area contributed by atoms with Crippen molar-refractivity contribution in [3.8, 4) is 0 Å². The summed E-state index contributed by atoms with van der Waals surface area (Å²) in [6.07, 6.45) is 5.64. The van der Waals surface area contributed by atoms with E-state index in [1.165, 1.54) is 0 Å². The van der Waals surface area contributed by atoms with Gasteiger partial charge in [0.05, 0.1) is 0 Å². The zero-order chi connectivity index (χ0) is 28.8. The minimum absolute atomic E-state index is 0.0773. The van der Waals surface area contributed by atoms with Gasteiger partial charge in [-0.15, -0.1) is 0 Å². The Labute approximate surface area is 223 Å². The lowest BCUT2D eigenvalue weighted by atomic mass is 9.59. The van der Waals surface area contributed by atoms with E-state index in [2.05, 4.69) is 13.8 Å². The van der Waals surface area contributed by atoms with Crippen molar-refractivity contribution in [2.24, 2.45) is 29.1 Å². The van der Waals surface area contributed by atoms with Gasteiger partial charge in [0.25, 0.3) is 0 Å². The molecule has 0 heterocycles. The Balaban J connectivity index is 6.74. The number of Topliss-reactive ketones (excluding diaryl/α,β-unsaturated/α-hetero) is 1. The highest BCUT2D eigenvalue weighted by Gasteiger charge is 2.69. The highest BCUT2D eigenvalue weighted by atomic mass is 16.5. The minimum Gasteiger partial charge on any atom is -0.481 e. The van der Waals surface area contributed by atoms with Gasteiger partial charge >= 0.3 is 17.9 Å². The van der Waals surface area contributed by atoms with Gasteiger partial charge in [-0.2, -0.15) is 0 Å². The van der Waals surface area contributed by atoms with Gasteiger partial charge in [-0.1, -0.05) is 92.9 Å². The van der Waals surface area contributed by atoms with E-state index in [9.17, 15) is 34.5 Å². The number of hydrogen-bond acceptors (Lipinski definition) is 5. The zero-order valence-electron chi connectivity index (χ0n) is 24.2. The average molecular weight is 529 g/mol. The summed E-state index contributed by atoms with van der Waals surface area (Å²) < 4.78 is 5.96. The fraction of sp³-hybridized carbons (Fsp3) is 0.862. The molecule has 0 amide bonds. The maximum absolute atomic E-state index is 13.1. The molecule has 0 aromatic carbocycles. The van der Waals surface area contributed by atoms with Crippen LogP contribution in [0.15, 0.2) is 0 Å². The molecule has 0 radical (unpaired) electrons. The number of rotatable bonds is 22. The standard InChI is InChI=1S/C29H52O8/c1-20(2)14-8-11-17-28(26(33)34,18-12-9-15-21(3)4)29(27(35)36,24(23(7)30)25(31)32)37-19-13-10-16-22(5)6/h20-22,24H,8-19H2,1-7H3,(H,31,32)(H,33,34)(H,35,36). The lowest BCUT2D eigenvalue weighted by molar-refractivity contribution is -0.219. The molecule has 8 nitrogen and oxygen atoms in total. The summed E-state index contributed by atoms with van der Waals surface area (Å²) in [5, 5.41) is 31.4. The Hall–Kier alpha value is -1.96. The Morgan fingerprint density at radius 3 is 1.35 bits per heavy atom. The van der Waals surface area contributed by atoms with Crippen molar-refractivity contribution in [3.63, 3.8) is 0 Å². The first-order valence-corrected chi connectivity index (χ1v) is 14.0. The average Bonchev–Trinajstić information content (AvgIpc) is 2.75. The number of aliphatic carboxylic acids is 3. The summed E-state index contributed by atoms with van der Waals surface area (Å²) in [5.41, 5.74) is -4.79. The molecule has 2 atom stereocenters. The molecule has 0 bridgehead atoms. The van der Waals surface area contributed by atoms with Crippen LogP contribution in [-0.4, -0.2) is 51.2 Å². The first-order valence-electron chi connectivity index (χ1n) is 14.0. The maximum atomic E-state index is 13.1. The molecule has 216 valence electrons. The number of ketones is 1. The van der Waals surface area contributed by atoms with Gasteiger partial charge in [0.2, 0.25) is 5.60 Å². The topological polar surface area (TPSA) is 138 Å². The van der Waals surface area contributed by atoms with E-state index in [-0.39, 0.29) is 19.4 Å². The molecule has 3 N–H and O–H groups in total. The Morgan fingerprint density at radius 2 is 1.05 bits per heavy atom. The normalized spacial score (nSPS) is 14.6. The summed E-state index contributed by atoms with van der Waals surface area (Å²) in [4.78, 5) is 51.3. The summed E-state index contributed by atoms with van der Waals surface area (Å²) in [7, 11) is 0. The van der Waals surface area contributed by atoms with Gasteiger partial charge in [0, 0.05) is 6.61 Å². The molecule has 2 unspecified atom stereocenters. The van der Waals surface area contributed by atoms with Gasteiger partial charge in [-0.3, -0.25) is 14.4 Å². The van der Waals surface area contributed by atoms with Crippen LogP contribution in [-0.2, 0) is 23.9 Å². The van der Waals surface area contributed by atoms with Crippen molar-refractivity contribution in [1.29, 1.82) is 0 Å². The number of hydrogen-bond donors (Lipinski definition) is 3. The Morgan fingerprint density at radius 1 is 0.649 bits per heavy atom. The van der Waals surface area contributed by atoms with Crippen LogP contribution in [0.4, 0.5) is 0 Å². The van der Waals surface area contributed by atoms with Crippen molar-refractivity contribution >= 4 is 23.7 Å². The van der Waals surface area contributed by atoms with E-state index < -0.39 is 40.6 Å². The zero-order valence-corrected chi connectivity index (χ0v) is 24.2. The predicted molar refractivity (Wildman–Crippen MR) is 143 cm³/mol. The fourth-order valence-corrected chi connectivity index (χ4v) is 5.24. The van der Waals surface area contributed by atoms with E-state index >= 15 is 0 Å². The van der Waals surface area contributed by atoms with Crippen molar-refractivity contribution in [1.82, 2.24) is 0 Å². The van der Waals surface area contributed by atoms with Crippen LogP contribution in [0.2, 0.25) is 0 Å². The lowest BCUT2D eigenvalue weighted by Crippen LogP contribution is -2.67. The predicted octanol–water partition coefficient (Wildman–Crippen LogP) is 6.45. The molecule has 0 saturated carbocycles. The highest BCUT2D eigenvalue weighted by Crippen LogP contribution is 2.50. The summed E-state index contributed by atoms with van der Waals surface area (Å²) in [6.45, 7) is 13.2. The molecular formula is C29H52O8. The summed E-state index contributed by atoms with van der Waals surface area (Å²) >= 11 is 0. The van der Waals surface area contributed by atoms with Crippen molar-refractivity contribution in [2.75, 3.05) is 6.61 Å². The van der Waals surface area contributed by atoms with Crippen LogP contribution in [0.1, 0.15) is 119 Å². The second-order valence-electron chi connectivity index (χ2n) is 11.8. The molecule has 0 aliphatic rings. The van der Waals surface area contributed by atoms with Crippen LogP contribution < -0.4 is 0 Å². The summed E-state index contributed by atoms with van der Waals surface area (Å²) in [6, 6.07) is 0. The minimum atomic E-state index is -2.72. The molecule has 0 aliphatic heterocycles. The molecule has 0 rings (SSSR count). The maximum Gasteiger partial charge on any atom is 0.338 e. The van der Waals surface area contributed by atoms with E-state index in [1.54, 1.807) is 0 Å². The molecule has 0 aromatic rings. The van der Waals surface area contributed by atoms with E-state index in [1.807, 2.05) is 27.7 Å². The van der Waals surface area contributed by atoms with E-state index in [0.717, 1.165) is 26.2 Å². The van der Waals surface area contributed by atoms with Crippen LogP contribution >= 0.6 is 0 Å². The monoisotopic (exact) mass is 528 g/mol. The molecule has 0 aliphatic carbocycles. The summed E-state index contributed by atoms with van der Waals surface area (Å²) in [5.74, 6) is -6.66. The molecule has 0 saturated heterocycles. The first kappa shape index (κ1) is 35.0. The lowest BCUT2D eigenvalue weighted by Gasteiger charge is -2.47. The van der Waals surface area contributed by atoms with Crippen molar-refractivity contribution in [3.05, 3.63) is 0 Å². The van der Waals surface area contributed by atoms with Gasteiger partial charge in [-0.05, 0) is 43.9 Å². The number of unbranched alkanes of at least 4 members (excludes halogenated alkanes) is 3. The number of carbonyl (C=O) groups is 4. The fourth-order valence-electron chi connectivity index (χ4n) is 5.24. The molecule has 37 heavy (non-hydrogen) atoms. The number of carbonyl (C=O) groups excluding carboxylic acids is 1. The van der Waals surface area contributed by atoms with Crippen molar-refractivity contribution in [2.45, 2.75) is 125 Å². The van der Waals surface area contributed by atoms with Crippen molar-refractivity contribution < 1.29 is 39.2 Å². The third-order valence-corrected chi connectivity index (χ3v) is 7.27. The Kier molecular flexibility index (Phi) is 15.9. The van der Waals surface area contributed by atoms with Gasteiger partial charge in [0.15, 0.2) is 5.92 Å². The van der Waals surface area contributed by atoms with E-state index in [0.29, 0.717) is 56.3 Å². The molecule has 0 aromatic heterocycles. The third kappa shape index (κ3) is 10.4. The van der Waals surface area contributed by atoms with Crippen LogP contribution in [0, 0.1) is 29.1 Å². The molecule has 8 heteroatoms. The van der Waals surface area contributed by atoms with Crippen LogP contribution in [0.25, 0.3) is 0 Å². The van der Waals surface area contributed by atoms with Crippen LogP contribution in [0.3, 0.4) is 0 Å². The molecular weight excluding hydrogens is 476 g/mol. The highest BCUT2D eigenvalue weighted by molar-refractivity contribution is 6.06. The quantitative estimate of drug-likeness (QED) is 0.108. The molecule has 0 fully saturated rings.